The molecule has 2 heterocycles. The summed E-state index contributed by atoms with van der Waals surface area (Å²) in [5.41, 5.74) is 4.85. The zero-order chi connectivity index (χ0) is 45.9. The van der Waals surface area contributed by atoms with Gasteiger partial charge in [-0.1, -0.05) is 0 Å². The summed E-state index contributed by atoms with van der Waals surface area (Å²) in [5.74, 6) is 0.280. The van der Waals surface area contributed by atoms with Crippen molar-refractivity contribution in [3.8, 4) is 23.0 Å². The molecule has 0 saturated heterocycles. The summed E-state index contributed by atoms with van der Waals surface area (Å²) in [5, 5.41) is 42.7. The molecule has 23 heteroatoms. The monoisotopic (exact) mass is 852 g/mol. The third-order valence-electron chi connectivity index (χ3n) is 6.67. The van der Waals surface area contributed by atoms with Gasteiger partial charge in [0.1, 0.15) is 70.3 Å². The number of ether oxygens (including phenoxy) is 4. The van der Waals surface area contributed by atoms with Crippen molar-refractivity contribution < 1.29 is 53.1 Å². The molecule has 61 heavy (non-hydrogen) atoms. The van der Waals surface area contributed by atoms with Crippen LogP contribution in [-0.4, -0.2) is 87.4 Å². The number of carboxylic acid groups (broad SMARTS) is 1. The van der Waals surface area contributed by atoms with Crippen LogP contribution in [-0.2, 0) is 19.1 Å². The number of anilines is 4. The molecule has 0 atom stereocenters. The maximum Gasteiger partial charge on any atom is 0.408 e. The number of hydrogen-bond donors (Lipinski definition) is 7. The predicted molar refractivity (Wildman–Crippen MR) is 223 cm³/mol. The number of nitrogen functional groups attached to an aromatic ring is 1. The van der Waals surface area contributed by atoms with Crippen LogP contribution < -0.4 is 41.8 Å². The summed E-state index contributed by atoms with van der Waals surface area (Å²) < 4.78 is 21.0. The fraction of sp³-hybridized carbons (Fsp3) is 0.316. The first-order valence-corrected chi connectivity index (χ1v) is 17.9. The van der Waals surface area contributed by atoms with E-state index in [1.54, 1.807) is 79.9 Å². The van der Waals surface area contributed by atoms with E-state index in [1.165, 1.54) is 48.8 Å². The van der Waals surface area contributed by atoms with Crippen molar-refractivity contribution in [1.29, 1.82) is 0 Å². The summed E-state index contributed by atoms with van der Waals surface area (Å²) >= 11 is 0. The third-order valence-corrected chi connectivity index (χ3v) is 6.67. The van der Waals surface area contributed by atoms with Crippen LogP contribution in [0.25, 0.3) is 0 Å². The number of rotatable bonds is 13. The van der Waals surface area contributed by atoms with Crippen molar-refractivity contribution >= 4 is 58.4 Å². The van der Waals surface area contributed by atoms with Gasteiger partial charge in [0.05, 0.1) is 22.0 Å². The second-order valence-corrected chi connectivity index (χ2v) is 14.0. The minimum Gasteiger partial charge on any atom is -0.480 e. The smallest absolute Gasteiger partial charge is 0.408 e. The Kier molecular flexibility index (Phi) is 18.4. The SMILES string of the molecule is CC(C)(C)OC(=O)NCC(=O)O.CNc1ccc(Oc2ccnc(N)c2)cc1[N+](=O)[O-].CNc1ccc(Oc2ccnc(NC(=O)CNC(=O)OC(C)(C)C)c2)cc1[N+](=O)[O-]. The number of carbonyl (C=O) groups is 4. The van der Waals surface area contributed by atoms with E-state index in [0.717, 1.165) is 0 Å². The summed E-state index contributed by atoms with van der Waals surface area (Å²) in [6.45, 7) is 9.51. The summed E-state index contributed by atoms with van der Waals surface area (Å²) in [6, 6.07) is 15.1. The highest BCUT2D eigenvalue weighted by molar-refractivity contribution is 5.93. The first-order chi connectivity index (χ1) is 28.5. The van der Waals surface area contributed by atoms with Crippen molar-refractivity contribution in [2.24, 2.45) is 0 Å². The van der Waals surface area contributed by atoms with Crippen LogP contribution in [0.15, 0.2) is 73.1 Å². The Morgan fingerprint density at radius 1 is 0.672 bits per heavy atom. The number of carbonyl (C=O) groups excluding carboxylic acids is 3. The van der Waals surface area contributed by atoms with Gasteiger partial charge in [0.2, 0.25) is 5.91 Å². The number of nitro groups is 2. The Morgan fingerprint density at radius 2 is 1.10 bits per heavy atom. The zero-order valence-corrected chi connectivity index (χ0v) is 34.6. The van der Waals surface area contributed by atoms with Crippen molar-refractivity contribution in [3.63, 3.8) is 0 Å². The molecule has 0 radical (unpaired) electrons. The lowest BCUT2D eigenvalue weighted by Crippen LogP contribution is -2.37. The predicted octanol–water partition coefficient (Wildman–Crippen LogP) is 6.29. The van der Waals surface area contributed by atoms with E-state index in [2.05, 4.69) is 36.6 Å². The van der Waals surface area contributed by atoms with E-state index in [-0.39, 0.29) is 29.5 Å². The Labute approximate surface area is 349 Å². The van der Waals surface area contributed by atoms with Gasteiger partial charge in [-0.15, -0.1) is 0 Å². The molecule has 0 aliphatic rings. The highest BCUT2D eigenvalue weighted by Gasteiger charge is 2.19. The minimum absolute atomic E-state index is 0.0537. The highest BCUT2D eigenvalue weighted by atomic mass is 16.6. The second-order valence-electron chi connectivity index (χ2n) is 14.0. The molecule has 23 nitrogen and oxygen atoms in total. The van der Waals surface area contributed by atoms with E-state index in [1.807, 2.05) is 0 Å². The number of nitrogens with zero attached hydrogens (tertiary/aromatic N) is 4. The summed E-state index contributed by atoms with van der Waals surface area (Å²) in [7, 11) is 3.20. The molecule has 0 unspecified atom stereocenters. The van der Waals surface area contributed by atoms with Crippen LogP contribution in [0.4, 0.5) is 44.0 Å². The summed E-state index contributed by atoms with van der Waals surface area (Å²) in [6.07, 6.45) is 1.48. The van der Waals surface area contributed by atoms with E-state index >= 15 is 0 Å². The molecule has 2 aromatic carbocycles. The van der Waals surface area contributed by atoms with Crippen molar-refractivity contribution in [2.75, 3.05) is 48.9 Å². The number of amides is 3. The Hall–Kier alpha value is -7.98. The van der Waals surface area contributed by atoms with Gasteiger partial charge in [-0.25, -0.2) is 19.6 Å². The Morgan fingerprint density at radius 3 is 1.51 bits per heavy atom. The van der Waals surface area contributed by atoms with Crippen LogP contribution in [0.3, 0.4) is 0 Å². The lowest BCUT2D eigenvalue weighted by molar-refractivity contribution is -0.384. The van der Waals surface area contributed by atoms with E-state index in [9.17, 15) is 39.4 Å². The van der Waals surface area contributed by atoms with Gasteiger partial charge in [-0.2, -0.15) is 0 Å². The average molecular weight is 853 g/mol. The maximum atomic E-state index is 12.0. The molecule has 0 aliphatic heterocycles. The highest BCUT2D eigenvalue weighted by Crippen LogP contribution is 2.33. The fourth-order valence-corrected chi connectivity index (χ4v) is 4.30. The molecule has 0 fully saturated rings. The number of nitrogens with two attached hydrogens (primary N) is 1. The average Bonchev–Trinajstić information content (AvgIpc) is 3.15. The lowest BCUT2D eigenvalue weighted by Gasteiger charge is -2.19. The lowest BCUT2D eigenvalue weighted by atomic mass is 10.2. The fourth-order valence-electron chi connectivity index (χ4n) is 4.30. The maximum absolute atomic E-state index is 12.0. The number of alkyl carbamates (subject to hydrolysis) is 2. The van der Waals surface area contributed by atoms with Crippen molar-refractivity contribution in [2.45, 2.75) is 52.7 Å². The first-order valence-electron chi connectivity index (χ1n) is 17.9. The van der Waals surface area contributed by atoms with Gasteiger partial charge in [0, 0.05) is 38.6 Å². The first kappa shape index (κ1) is 49.2. The topological polar surface area (TPSA) is 324 Å². The molecular formula is C38H48N10O13. The van der Waals surface area contributed by atoms with Gasteiger partial charge in [0.15, 0.2) is 0 Å². The van der Waals surface area contributed by atoms with Crippen LogP contribution in [0, 0.1) is 20.2 Å². The number of pyridine rings is 2. The number of aliphatic carboxylic acids is 1. The number of nitrogens with one attached hydrogen (secondary N) is 5. The molecule has 2 aromatic heterocycles. The standard InChI is InChI=1S/C19H23N5O6.C12H12N4O3.C7H13NO4/c1-19(2,3)30-18(26)22-11-17(25)23-16-10-13(7-8-21-16)29-12-5-6-14(20-4)15(9-12)24(27)28;1-14-10-3-2-8(6-11(10)16(17)18)19-9-4-5-15-12(13)7-9;1-7(2,3)12-6(11)8-4-5(9)10/h5-10,20H,11H2,1-4H3,(H,22,26)(H,21,23,25);2-7,14H,1H3,(H2,13,15);4H2,1-3H3,(H,8,11)(H,9,10). The number of benzene rings is 2. The molecule has 328 valence electrons. The van der Waals surface area contributed by atoms with Gasteiger partial charge in [-0.05, 0) is 77.9 Å². The van der Waals surface area contributed by atoms with E-state index < -0.39 is 51.7 Å². The van der Waals surface area contributed by atoms with Crippen LogP contribution in [0.2, 0.25) is 0 Å². The molecule has 0 spiro atoms. The largest absolute Gasteiger partial charge is 0.480 e. The molecular weight excluding hydrogens is 804 g/mol. The molecule has 4 rings (SSSR count). The van der Waals surface area contributed by atoms with Gasteiger partial charge in [-0.3, -0.25) is 29.8 Å². The van der Waals surface area contributed by atoms with Crippen LogP contribution in [0.1, 0.15) is 41.5 Å². The van der Waals surface area contributed by atoms with E-state index in [4.69, 9.17) is 29.8 Å². The normalized spacial score (nSPS) is 10.4. The molecule has 4 aromatic rings. The number of nitro benzene ring substituents is 2. The van der Waals surface area contributed by atoms with Crippen LogP contribution >= 0.6 is 0 Å². The van der Waals surface area contributed by atoms with Crippen LogP contribution in [0.5, 0.6) is 23.0 Å². The molecule has 3 amide bonds. The van der Waals surface area contributed by atoms with Crippen molar-refractivity contribution in [3.05, 3.63) is 93.3 Å². The Balaban J connectivity index is 0.000000351. The zero-order valence-electron chi connectivity index (χ0n) is 34.6. The van der Waals surface area contributed by atoms with Gasteiger partial charge in [0.25, 0.3) is 11.4 Å². The third kappa shape index (κ3) is 19.3. The summed E-state index contributed by atoms with van der Waals surface area (Å²) in [4.78, 5) is 73.3. The van der Waals surface area contributed by atoms with E-state index in [0.29, 0.717) is 34.4 Å². The van der Waals surface area contributed by atoms with Crippen molar-refractivity contribution in [1.82, 2.24) is 20.6 Å². The van der Waals surface area contributed by atoms with Gasteiger partial charge < -0.3 is 56.4 Å². The quantitative estimate of drug-likeness (QED) is 0.0574. The number of carboxylic acids is 1. The molecule has 0 bridgehead atoms. The second kappa shape index (κ2) is 22.8. The molecule has 0 saturated carbocycles. The molecule has 0 aliphatic carbocycles. The molecule has 8 N–H and O–H groups in total. The Bertz CT molecular complexity index is 2170. The minimum atomic E-state index is -1.10. The number of hydrogen-bond acceptors (Lipinski definition) is 17. The number of aromatic nitrogens is 2. The van der Waals surface area contributed by atoms with Gasteiger partial charge >= 0.3 is 18.2 Å².